The molecule has 1 aliphatic carbocycles. The van der Waals surface area contributed by atoms with E-state index in [-0.39, 0.29) is 5.91 Å². The lowest BCUT2D eigenvalue weighted by molar-refractivity contribution is -0.130. The van der Waals surface area contributed by atoms with Crippen LogP contribution in [0.2, 0.25) is 0 Å². The van der Waals surface area contributed by atoms with Crippen molar-refractivity contribution >= 4 is 11.7 Å². The lowest BCUT2D eigenvalue weighted by atomic mass is 9.97. The number of fused-ring (bicyclic) bond motifs is 1. The van der Waals surface area contributed by atoms with E-state index in [4.69, 9.17) is 9.47 Å². The largest absolute Gasteiger partial charge is 0.493 e. The van der Waals surface area contributed by atoms with Gasteiger partial charge in [0.1, 0.15) is 0 Å². The molecule has 2 aromatic rings. The van der Waals surface area contributed by atoms with Crippen molar-refractivity contribution < 1.29 is 14.3 Å². The fraction of sp³-hybridized carbons (Fsp3) is 0.500. The summed E-state index contributed by atoms with van der Waals surface area (Å²) in [5.41, 5.74) is 3.42. The van der Waals surface area contributed by atoms with Crippen LogP contribution >= 0.6 is 0 Å². The molecule has 2 heterocycles. The minimum absolute atomic E-state index is 0.133. The molecule has 0 saturated carbocycles. The van der Waals surface area contributed by atoms with Gasteiger partial charge in [-0.2, -0.15) is 5.10 Å². The van der Waals surface area contributed by atoms with Crippen molar-refractivity contribution in [3.8, 4) is 11.5 Å². The number of aryl methyl sites for hydroxylation is 2. The molecular weight excluding hydrogens is 368 g/mol. The Bertz CT molecular complexity index is 878. The molecule has 7 nitrogen and oxygen atoms in total. The molecule has 0 radical (unpaired) electrons. The molecule has 1 saturated heterocycles. The van der Waals surface area contributed by atoms with Crippen LogP contribution in [0.4, 0.5) is 5.82 Å². The molecule has 1 amide bonds. The van der Waals surface area contributed by atoms with Crippen LogP contribution in [-0.2, 0) is 24.1 Å². The van der Waals surface area contributed by atoms with Gasteiger partial charge in [-0.15, -0.1) is 5.10 Å². The number of methoxy groups -OCH3 is 2. The van der Waals surface area contributed by atoms with Crippen LogP contribution in [-0.4, -0.2) is 61.4 Å². The van der Waals surface area contributed by atoms with E-state index in [2.05, 4.69) is 21.2 Å². The Morgan fingerprint density at radius 1 is 0.966 bits per heavy atom. The smallest absolute Gasteiger partial charge is 0.227 e. The SMILES string of the molecule is COc1ccc(CC(=O)N2CCN(c3cc4c(nn3)CCCC4)CC2)cc1OC. The maximum Gasteiger partial charge on any atom is 0.227 e. The van der Waals surface area contributed by atoms with Crippen LogP contribution < -0.4 is 14.4 Å². The van der Waals surface area contributed by atoms with Gasteiger partial charge in [0.15, 0.2) is 17.3 Å². The normalized spacial score (nSPS) is 16.3. The van der Waals surface area contributed by atoms with E-state index < -0.39 is 0 Å². The molecular formula is C22H28N4O3. The number of ether oxygens (including phenoxy) is 2. The minimum atomic E-state index is 0.133. The highest BCUT2D eigenvalue weighted by Gasteiger charge is 2.23. The van der Waals surface area contributed by atoms with E-state index >= 15 is 0 Å². The number of amides is 1. The molecule has 4 rings (SSSR count). The zero-order chi connectivity index (χ0) is 20.2. The molecule has 0 unspecified atom stereocenters. The molecule has 1 aromatic carbocycles. The van der Waals surface area contributed by atoms with Crippen LogP contribution in [0, 0.1) is 0 Å². The zero-order valence-corrected chi connectivity index (χ0v) is 17.2. The van der Waals surface area contributed by atoms with Gasteiger partial charge in [0.25, 0.3) is 0 Å². The second-order valence-corrected chi connectivity index (χ2v) is 7.62. The lowest BCUT2D eigenvalue weighted by Crippen LogP contribution is -2.49. The van der Waals surface area contributed by atoms with Gasteiger partial charge in [0.05, 0.1) is 26.3 Å². The summed E-state index contributed by atoms with van der Waals surface area (Å²) < 4.78 is 10.6. The molecule has 0 N–H and O–H groups in total. The fourth-order valence-corrected chi connectivity index (χ4v) is 4.10. The molecule has 154 valence electrons. The maximum atomic E-state index is 12.8. The number of piperazine rings is 1. The summed E-state index contributed by atoms with van der Waals surface area (Å²) in [6.45, 7) is 2.96. The molecule has 2 aliphatic rings. The number of hydrogen-bond donors (Lipinski definition) is 0. The third-order valence-corrected chi connectivity index (χ3v) is 5.82. The average molecular weight is 396 g/mol. The Morgan fingerprint density at radius 3 is 2.48 bits per heavy atom. The number of benzene rings is 1. The van der Waals surface area contributed by atoms with E-state index in [9.17, 15) is 4.79 Å². The number of nitrogens with zero attached hydrogens (tertiary/aromatic N) is 4. The molecule has 1 aromatic heterocycles. The number of hydrogen-bond acceptors (Lipinski definition) is 6. The van der Waals surface area contributed by atoms with Gasteiger partial charge in [-0.1, -0.05) is 6.07 Å². The first-order valence-corrected chi connectivity index (χ1v) is 10.3. The van der Waals surface area contributed by atoms with Crippen LogP contribution in [0.5, 0.6) is 11.5 Å². The Kier molecular flexibility index (Phi) is 5.83. The number of carbonyl (C=O) groups is 1. The predicted molar refractivity (Wildman–Crippen MR) is 111 cm³/mol. The van der Waals surface area contributed by atoms with Crippen molar-refractivity contribution in [2.75, 3.05) is 45.3 Å². The Morgan fingerprint density at radius 2 is 1.72 bits per heavy atom. The molecule has 29 heavy (non-hydrogen) atoms. The molecule has 1 aliphatic heterocycles. The molecule has 0 bridgehead atoms. The van der Waals surface area contributed by atoms with E-state index in [0.29, 0.717) is 31.0 Å². The van der Waals surface area contributed by atoms with E-state index in [1.807, 2.05) is 23.1 Å². The summed E-state index contributed by atoms with van der Waals surface area (Å²) in [5, 5.41) is 8.88. The predicted octanol–water partition coefficient (Wildman–Crippen LogP) is 2.26. The van der Waals surface area contributed by atoms with Crippen molar-refractivity contribution in [2.24, 2.45) is 0 Å². The van der Waals surface area contributed by atoms with Gasteiger partial charge in [-0.25, -0.2) is 0 Å². The second kappa shape index (κ2) is 8.68. The quantitative estimate of drug-likeness (QED) is 0.772. The van der Waals surface area contributed by atoms with Crippen molar-refractivity contribution in [3.05, 3.63) is 41.1 Å². The van der Waals surface area contributed by atoms with Crippen molar-refractivity contribution in [1.29, 1.82) is 0 Å². The van der Waals surface area contributed by atoms with Crippen LogP contribution in [0.3, 0.4) is 0 Å². The maximum absolute atomic E-state index is 12.8. The first-order valence-electron chi connectivity index (χ1n) is 10.3. The van der Waals surface area contributed by atoms with Gasteiger partial charge in [-0.05, 0) is 55.0 Å². The summed E-state index contributed by atoms with van der Waals surface area (Å²) in [6.07, 6.45) is 4.94. The summed E-state index contributed by atoms with van der Waals surface area (Å²) in [6, 6.07) is 7.82. The lowest BCUT2D eigenvalue weighted by Gasteiger charge is -2.35. The van der Waals surface area contributed by atoms with Gasteiger partial charge in [-0.3, -0.25) is 4.79 Å². The Balaban J connectivity index is 1.35. The van der Waals surface area contributed by atoms with Crippen LogP contribution in [0.15, 0.2) is 24.3 Å². The summed E-state index contributed by atoms with van der Waals surface area (Å²) in [4.78, 5) is 16.9. The highest BCUT2D eigenvalue weighted by atomic mass is 16.5. The topological polar surface area (TPSA) is 67.8 Å². The van der Waals surface area contributed by atoms with E-state index in [1.165, 1.54) is 18.4 Å². The number of anilines is 1. The molecule has 0 spiro atoms. The fourth-order valence-electron chi connectivity index (χ4n) is 4.10. The van der Waals surface area contributed by atoms with Gasteiger partial charge in [0, 0.05) is 26.2 Å². The van der Waals surface area contributed by atoms with E-state index in [1.54, 1.807) is 14.2 Å². The van der Waals surface area contributed by atoms with Crippen LogP contribution in [0.1, 0.15) is 29.7 Å². The first-order chi connectivity index (χ1) is 14.2. The van der Waals surface area contributed by atoms with Gasteiger partial charge in [0.2, 0.25) is 5.91 Å². The number of rotatable bonds is 5. The van der Waals surface area contributed by atoms with Crippen LogP contribution in [0.25, 0.3) is 0 Å². The minimum Gasteiger partial charge on any atom is -0.493 e. The summed E-state index contributed by atoms with van der Waals surface area (Å²) in [7, 11) is 3.21. The third-order valence-electron chi connectivity index (χ3n) is 5.82. The second-order valence-electron chi connectivity index (χ2n) is 7.62. The zero-order valence-electron chi connectivity index (χ0n) is 17.2. The Labute approximate surface area is 171 Å². The van der Waals surface area contributed by atoms with Crippen molar-refractivity contribution in [1.82, 2.24) is 15.1 Å². The molecule has 7 heteroatoms. The summed E-state index contributed by atoms with van der Waals surface area (Å²) in [5.74, 6) is 2.39. The standard InChI is InChI=1S/C22H28N4O3/c1-28-19-8-7-16(13-20(19)29-2)14-22(27)26-11-9-25(10-12-26)21-15-17-5-3-4-6-18(17)23-24-21/h7-8,13,15H,3-6,9-12,14H2,1-2H3. The summed E-state index contributed by atoms with van der Waals surface area (Å²) >= 11 is 0. The number of aromatic nitrogens is 2. The molecule has 0 atom stereocenters. The highest BCUT2D eigenvalue weighted by Crippen LogP contribution is 2.28. The first kappa shape index (κ1) is 19.5. The Hall–Kier alpha value is -2.83. The third kappa shape index (κ3) is 4.28. The monoisotopic (exact) mass is 396 g/mol. The van der Waals surface area contributed by atoms with Crippen molar-refractivity contribution in [2.45, 2.75) is 32.1 Å². The highest BCUT2D eigenvalue weighted by molar-refractivity contribution is 5.79. The molecule has 1 fully saturated rings. The van der Waals surface area contributed by atoms with Gasteiger partial charge < -0.3 is 19.3 Å². The number of carbonyl (C=O) groups excluding carboxylic acids is 1. The van der Waals surface area contributed by atoms with Crippen molar-refractivity contribution in [3.63, 3.8) is 0 Å². The van der Waals surface area contributed by atoms with Gasteiger partial charge >= 0.3 is 0 Å². The van der Waals surface area contributed by atoms with E-state index in [0.717, 1.165) is 43.0 Å². The average Bonchev–Trinajstić information content (AvgIpc) is 2.78.